The zero-order chi connectivity index (χ0) is 12.5. The number of nitrogens with one attached hydrogen (secondary N) is 1. The van der Waals surface area contributed by atoms with Crippen molar-refractivity contribution in [1.29, 1.82) is 0 Å². The maximum absolute atomic E-state index is 10.0. The maximum Gasteiger partial charge on any atom is 0.119 e. The van der Waals surface area contributed by atoms with Crippen molar-refractivity contribution >= 4 is 0 Å². The summed E-state index contributed by atoms with van der Waals surface area (Å²) >= 11 is 0. The molecule has 0 bridgehead atoms. The Morgan fingerprint density at radius 2 is 2.28 bits per heavy atom. The Kier molecular flexibility index (Phi) is 3.27. The van der Waals surface area contributed by atoms with Gasteiger partial charge in [-0.2, -0.15) is 0 Å². The summed E-state index contributed by atoms with van der Waals surface area (Å²) in [6.07, 6.45) is 3.38. The molecule has 0 aromatic heterocycles. The van der Waals surface area contributed by atoms with Gasteiger partial charge in [-0.25, -0.2) is 0 Å². The molecule has 1 fully saturated rings. The molecular formula is C15H22N2O. The average molecular weight is 246 g/mol. The average Bonchev–Trinajstić information content (AvgIpc) is 2.40. The van der Waals surface area contributed by atoms with Gasteiger partial charge in [0.15, 0.2) is 0 Å². The number of aryl methyl sites for hydroxylation is 1. The van der Waals surface area contributed by atoms with Gasteiger partial charge in [-0.3, -0.25) is 0 Å². The number of benzene rings is 1. The molecule has 18 heavy (non-hydrogen) atoms. The minimum absolute atomic E-state index is 0.489. The molecule has 1 aromatic rings. The van der Waals surface area contributed by atoms with Gasteiger partial charge in [0, 0.05) is 25.7 Å². The van der Waals surface area contributed by atoms with Gasteiger partial charge in [0.05, 0.1) is 0 Å². The third kappa shape index (κ3) is 2.13. The number of hydrogen-bond acceptors (Lipinski definition) is 3. The van der Waals surface area contributed by atoms with Gasteiger partial charge in [0.2, 0.25) is 0 Å². The van der Waals surface area contributed by atoms with E-state index >= 15 is 0 Å². The summed E-state index contributed by atoms with van der Waals surface area (Å²) in [6, 6.07) is 6.56. The molecule has 98 valence electrons. The number of hydrogen-bond donors (Lipinski definition) is 2. The summed E-state index contributed by atoms with van der Waals surface area (Å²) in [5.74, 6) is 1.16. The van der Waals surface area contributed by atoms with Gasteiger partial charge in [0.25, 0.3) is 0 Å². The predicted molar refractivity (Wildman–Crippen MR) is 72.9 cm³/mol. The Morgan fingerprint density at radius 1 is 1.39 bits per heavy atom. The molecule has 1 aliphatic carbocycles. The number of fused-ring (bicyclic) bond motifs is 1. The quantitative estimate of drug-likeness (QED) is 0.786. The number of aromatic hydroxyl groups is 1. The second-order valence-electron chi connectivity index (χ2n) is 5.67. The summed E-state index contributed by atoms with van der Waals surface area (Å²) in [5.41, 5.74) is 2.53. The first-order valence-corrected chi connectivity index (χ1v) is 6.96. The minimum atomic E-state index is 0.489. The molecule has 2 N–H and O–H groups in total. The number of likely N-dealkylation sites (N-methyl/N-ethyl adjacent to an activating group) is 1. The van der Waals surface area contributed by atoms with Crippen LogP contribution in [0.15, 0.2) is 18.2 Å². The summed E-state index contributed by atoms with van der Waals surface area (Å²) in [7, 11) is 2.23. The third-order valence-electron chi connectivity index (χ3n) is 4.60. The van der Waals surface area contributed by atoms with Gasteiger partial charge in [-0.1, -0.05) is 12.1 Å². The first-order valence-electron chi connectivity index (χ1n) is 6.96. The van der Waals surface area contributed by atoms with Crippen LogP contribution in [0, 0.1) is 5.92 Å². The van der Waals surface area contributed by atoms with E-state index in [1.54, 1.807) is 0 Å². The molecule has 0 amide bonds. The summed E-state index contributed by atoms with van der Waals surface area (Å²) in [5, 5.41) is 13.5. The van der Waals surface area contributed by atoms with Crippen LogP contribution in [0.5, 0.6) is 5.75 Å². The van der Waals surface area contributed by atoms with Gasteiger partial charge >= 0.3 is 0 Å². The highest BCUT2D eigenvalue weighted by atomic mass is 16.3. The normalized spacial score (nSPS) is 28.9. The molecule has 3 rings (SSSR count). The lowest BCUT2D eigenvalue weighted by molar-refractivity contribution is 0.132. The van der Waals surface area contributed by atoms with Crippen molar-refractivity contribution in [1.82, 2.24) is 10.2 Å². The Hall–Kier alpha value is -1.06. The van der Waals surface area contributed by atoms with Gasteiger partial charge in [0.1, 0.15) is 5.75 Å². The summed E-state index contributed by atoms with van der Waals surface area (Å²) in [4.78, 5) is 2.48. The van der Waals surface area contributed by atoms with Crippen molar-refractivity contribution in [2.24, 2.45) is 5.92 Å². The number of phenolic OH excluding ortho intramolecular Hbond substituents is 1. The monoisotopic (exact) mass is 246 g/mol. The molecular weight excluding hydrogens is 224 g/mol. The molecule has 2 aliphatic rings. The first kappa shape index (κ1) is 12.0. The van der Waals surface area contributed by atoms with E-state index in [-0.39, 0.29) is 0 Å². The van der Waals surface area contributed by atoms with Crippen molar-refractivity contribution < 1.29 is 5.11 Å². The third-order valence-corrected chi connectivity index (χ3v) is 4.60. The van der Waals surface area contributed by atoms with Crippen molar-refractivity contribution in [2.75, 3.05) is 26.7 Å². The highest BCUT2D eigenvalue weighted by Crippen LogP contribution is 2.34. The second-order valence-corrected chi connectivity index (χ2v) is 5.67. The summed E-state index contributed by atoms with van der Waals surface area (Å²) in [6.45, 7) is 3.32. The molecule has 3 heteroatoms. The van der Waals surface area contributed by atoms with Crippen molar-refractivity contribution in [3.8, 4) is 5.75 Å². The van der Waals surface area contributed by atoms with Crippen molar-refractivity contribution in [3.63, 3.8) is 0 Å². The van der Waals surface area contributed by atoms with Crippen LogP contribution in [0.3, 0.4) is 0 Å². The van der Waals surface area contributed by atoms with E-state index in [9.17, 15) is 5.11 Å². The molecule has 2 atom stereocenters. The fourth-order valence-corrected chi connectivity index (χ4v) is 3.48. The smallest absolute Gasteiger partial charge is 0.119 e. The molecule has 0 spiro atoms. The summed E-state index contributed by atoms with van der Waals surface area (Å²) < 4.78 is 0. The highest BCUT2D eigenvalue weighted by molar-refractivity contribution is 5.41. The van der Waals surface area contributed by atoms with Crippen LogP contribution in [0.25, 0.3) is 0 Å². The number of piperazine rings is 1. The fraction of sp³-hybridized carbons (Fsp3) is 0.600. The Balaban J connectivity index is 1.79. The van der Waals surface area contributed by atoms with Crippen LogP contribution in [-0.2, 0) is 12.8 Å². The largest absolute Gasteiger partial charge is 0.508 e. The lowest BCUT2D eigenvalue weighted by Gasteiger charge is -2.40. The number of rotatable bonds is 1. The first-order chi connectivity index (χ1) is 8.75. The molecule has 0 radical (unpaired) electrons. The topological polar surface area (TPSA) is 35.5 Å². The lowest BCUT2D eigenvalue weighted by atomic mass is 9.79. The van der Waals surface area contributed by atoms with E-state index < -0.39 is 0 Å². The van der Waals surface area contributed by atoms with Crippen LogP contribution in [0.4, 0.5) is 0 Å². The minimum Gasteiger partial charge on any atom is -0.508 e. The van der Waals surface area contributed by atoms with Crippen molar-refractivity contribution in [3.05, 3.63) is 29.3 Å². The van der Waals surface area contributed by atoms with E-state index in [1.165, 1.54) is 17.5 Å². The molecule has 1 heterocycles. The van der Waals surface area contributed by atoms with Crippen LogP contribution in [0.2, 0.25) is 0 Å². The highest BCUT2D eigenvalue weighted by Gasteiger charge is 2.31. The van der Waals surface area contributed by atoms with E-state index in [0.29, 0.717) is 17.7 Å². The van der Waals surface area contributed by atoms with Crippen molar-refractivity contribution in [2.45, 2.75) is 25.3 Å². The second kappa shape index (κ2) is 4.90. The SMILES string of the molecule is CN1CCNCC1C1CCc2cccc(O)c2C1. The van der Waals surface area contributed by atoms with E-state index in [1.807, 2.05) is 12.1 Å². The van der Waals surface area contributed by atoms with Gasteiger partial charge in [-0.15, -0.1) is 0 Å². The van der Waals surface area contributed by atoms with E-state index in [4.69, 9.17) is 0 Å². The van der Waals surface area contributed by atoms with Crippen LogP contribution in [0.1, 0.15) is 17.5 Å². The van der Waals surface area contributed by atoms with E-state index in [0.717, 1.165) is 32.5 Å². The Morgan fingerprint density at radius 3 is 3.11 bits per heavy atom. The molecule has 3 nitrogen and oxygen atoms in total. The van der Waals surface area contributed by atoms with Crippen LogP contribution in [-0.4, -0.2) is 42.7 Å². The van der Waals surface area contributed by atoms with E-state index in [2.05, 4.69) is 23.3 Å². The molecule has 1 aliphatic heterocycles. The number of nitrogens with zero attached hydrogens (tertiary/aromatic N) is 1. The zero-order valence-corrected chi connectivity index (χ0v) is 11.0. The zero-order valence-electron chi connectivity index (χ0n) is 11.0. The molecule has 1 saturated heterocycles. The Bertz CT molecular complexity index is 433. The molecule has 2 unspecified atom stereocenters. The Labute approximate surface area is 109 Å². The lowest BCUT2D eigenvalue weighted by Crippen LogP contribution is -2.53. The van der Waals surface area contributed by atoms with Crippen LogP contribution < -0.4 is 5.32 Å². The number of phenols is 1. The predicted octanol–water partition coefficient (Wildman–Crippen LogP) is 1.40. The molecule has 1 aromatic carbocycles. The fourth-order valence-electron chi connectivity index (χ4n) is 3.48. The maximum atomic E-state index is 10.0. The molecule has 0 saturated carbocycles. The van der Waals surface area contributed by atoms with Gasteiger partial charge < -0.3 is 15.3 Å². The van der Waals surface area contributed by atoms with Crippen LogP contribution >= 0.6 is 0 Å². The van der Waals surface area contributed by atoms with Gasteiger partial charge in [-0.05, 0) is 49.4 Å². The standard InChI is InChI=1S/C15H22N2O/c1-17-8-7-16-10-14(17)12-6-5-11-3-2-4-15(18)13(11)9-12/h2-4,12,14,16,18H,5-10H2,1H3.